The second-order valence-electron chi connectivity index (χ2n) is 25.3. The molecule has 16 nitrogen and oxygen atoms in total. The van der Waals surface area contributed by atoms with Crippen molar-refractivity contribution in [3.8, 4) is 5.75 Å². The van der Waals surface area contributed by atoms with E-state index in [1.807, 2.05) is 23.9 Å². The number of benzene rings is 1. The minimum Gasteiger partial charge on any atom is -0.491 e. The molecule has 0 amide bonds. The van der Waals surface area contributed by atoms with Crippen molar-refractivity contribution < 1.29 is 74.0 Å². The van der Waals surface area contributed by atoms with Crippen molar-refractivity contribution in [3.05, 3.63) is 24.3 Å². The summed E-state index contributed by atoms with van der Waals surface area (Å²) in [5, 5.41) is 86.6. The summed E-state index contributed by atoms with van der Waals surface area (Å²) in [5.41, 5.74) is 0.468. The third-order valence-electron chi connectivity index (χ3n) is 19.9. The summed E-state index contributed by atoms with van der Waals surface area (Å²) in [6, 6.07) is 8.09. The fraction of sp³-hybridized carbons (Fsp3) is 0.898. The highest BCUT2D eigenvalue weighted by molar-refractivity contribution is 7.99. The largest absolute Gasteiger partial charge is 0.491 e. The number of aliphatic hydroxyl groups is 8. The van der Waals surface area contributed by atoms with Crippen molar-refractivity contribution in [2.75, 3.05) is 39.5 Å². The molecule has 4 saturated carbocycles. The Morgan fingerprint density at radius 2 is 1.42 bits per heavy atom. The molecule has 9 N–H and O–H groups in total. The molecule has 1 spiro atoms. The molecule has 4 heterocycles. The van der Waals surface area contributed by atoms with Gasteiger partial charge in [0.1, 0.15) is 67.3 Å². The zero-order valence-corrected chi connectivity index (χ0v) is 48.9. The van der Waals surface area contributed by atoms with E-state index < -0.39 is 86.5 Å². The molecule has 9 rings (SSSR count). The number of rotatable bonds is 20. The minimum atomic E-state index is -1.71. The topological polar surface area (TPSA) is 238 Å². The van der Waals surface area contributed by atoms with Gasteiger partial charge in [0.15, 0.2) is 18.4 Å². The number of unbranched alkanes of at least 4 members (excludes halogenated alkanes) is 5. The Bertz CT molecular complexity index is 1920. The first-order valence-electron chi connectivity index (χ1n) is 29.7. The Hall–Kier alpha value is -0.940. The number of hydrogen-bond acceptors (Lipinski definition) is 17. The van der Waals surface area contributed by atoms with Gasteiger partial charge < -0.3 is 79.3 Å². The van der Waals surface area contributed by atoms with Crippen LogP contribution in [0.25, 0.3) is 0 Å². The van der Waals surface area contributed by atoms with E-state index in [2.05, 4.69) is 65.9 Å². The van der Waals surface area contributed by atoms with E-state index >= 15 is 0 Å². The summed E-state index contributed by atoms with van der Waals surface area (Å²) in [4.78, 5) is 1.25. The normalized spacial score (nSPS) is 43.8. The maximum Gasteiger partial charge on any atom is 0.187 e. The molecular formula is C59H100ClNO15S. The van der Waals surface area contributed by atoms with Gasteiger partial charge in [0, 0.05) is 29.0 Å². The fourth-order valence-electron chi connectivity index (χ4n) is 15.7. The van der Waals surface area contributed by atoms with Crippen molar-refractivity contribution in [1.82, 2.24) is 5.32 Å². The van der Waals surface area contributed by atoms with Crippen LogP contribution in [0.3, 0.4) is 0 Å². The summed E-state index contributed by atoms with van der Waals surface area (Å²) in [6.45, 7) is 17.8. The Kier molecular flexibility index (Phi) is 23.2. The van der Waals surface area contributed by atoms with Crippen molar-refractivity contribution in [3.63, 3.8) is 0 Å². The van der Waals surface area contributed by atoms with Crippen LogP contribution in [0.1, 0.15) is 151 Å². The molecule has 1 aromatic rings. The Balaban J connectivity index is 0.000000292. The molecule has 0 aromatic heterocycles. The van der Waals surface area contributed by atoms with Crippen LogP contribution in [0, 0.1) is 52.3 Å². The summed E-state index contributed by atoms with van der Waals surface area (Å²) in [6.07, 6.45) is 3.66. The van der Waals surface area contributed by atoms with Crippen molar-refractivity contribution in [2.24, 2.45) is 52.3 Å². The highest BCUT2D eigenvalue weighted by Gasteiger charge is 2.69. The predicted octanol–water partition coefficient (Wildman–Crippen LogP) is 6.74. The van der Waals surface area contributed by atoms with E-state index in [0.717, 1.165) is 57.4 Å². The van der Waals surface area contributed by atoms with Gasteiger partial charge in [-0.25, -0.2) is 0 Å². The van der Waals surface area contributed by atoms with Crippen molar-refractivity contribution >= 4 is 24.2 Å². The lowest BCUT2D eigenvalue weighted by Crippen LogP contribution is -2.65. The first kappa shape index (κ1) is 63.6. The highest BCUT2D eigenvalue weighted by Crippen LogP contribution is 2.71. The third-order valence-corrected chi connectivity index (χ3v) is 20.9. The summed E-state index contributed by atoms with van der Waals surface area (Å²) in [7, 11) is 0. The highest BCUT2D eigenvalue weighted by atomic mass is 35.5. The molecule has 0 radical (unpaired) electrons. The number of thioether (sulfide) groups is 1. The monoisotopic (exact) mass is 1130 g/mol. The number of hydrogen-bond donors (Lipinski definition) is 9. The first-order chi connectivity index (χ1) is 36.4. The van der Waals surface area contributed by atoms with E-state index in [1.54, 1.807) is 0 Å². The lowest BCUT2D eigenvalue weighted by molar-refractivity contribution is -0.364. The average Bonchev–Trinajstić information content (AvgIpc) is 3.87. The van der Waals surface area contributed by atoms with Gasteiger partial charge in [-0.3, -0.25) is 0 Å². The molecular weight excluding hydrogens is 1030 g/mol. The van der Waals surface area contributed by atoms with Gasteiger partial charge in [-0.1, -0.05) is 80.6 Å². The molecule has 4 aliphatic carbocycles. The van der Waals surface area contributed by atoms with Gasteiger partial charge >= 0.3 is 0 Å². The predicted molar refractivity (Wildman–Crippen MR) is 295 cm³/mol. The van der Waals surface area contributed by atoms with E-state index in [-0.39, 0.29) is 35.4 Å². The van der Waals surface area contributed by atoms with Crippen LogP contribution < -0.4 is 10.1 Å². The fourth-order valence-corrected chi connectivity index (χ4v) is 16.5. The van der Waals surface area contributed by atoms with Crippen LogP contribution in [-0.2, 0) is 28.4 Å². The zero-order valence-electron chi connectivity index (χ0n) is 47.2. The van der Waals surface area contributed by atoms with Gasteiger partial charge in [0.25, 0.3) is 0 Å². The molecule has 4 aliphatic heterocycles. The maximum atomic E-state index is 11.2. The Morgan fingerprint density at radius 3 is 2.10 bits per heavy atom. The van der Waals surface area contributed by atoms with Crippen LogP contribution >= 0.6 is 24.2 Å². The van der Waals surface area contributed by atoms with Crippen LogP contribution in [0.5, 0.6) is 5.75 Å². The van der Waals surface area contributed by atoms with Gasteiger partial charge in [0.2, 0.25) is 0 Å². The third kappa shape index (κ3) is 14.2. The van der Waals surface area contributed by atoms with Gasteiger partial charge in [0.05, 0.1) is 32.0 Å². The molecule has 444 valence electrons. The number of ether oxygens (including phenoxy) is 7. The maximum absolute atomic E-state index is 11.2. The zero-order chi connectivity index (χ0) is 54.5. The Labute approximate surface area is 470 Å². The average molecular weight is 1130 g/mol. The summed E-state index contributed by atoms with van der Waals surface area (Å²) in [5.74, 6) is 4.45. The molecule has 0 bridgehead atoms. The molecule has 1 unspecified atom stereocenters. The second kappa shape index (κ2) is 28.1. The number of nitrogens with one attached hydrogen (secondary N) is 1. The lowest BCUT2D eigenvalue weighted by Gasteiger charge is -2.61. The standard InChI is InChI=1S/C39H64O13.C20H35NO2S.ClH/c1-18-7-12-39(47-17-18)19(2)28-25(52-39)14-24-22-6-5-20-13-21(8-10-37(20,3)23(22)9-11-38(24,28)4)48-35-33(46)31(44)34(27(16-41)50-35)51-36-32(45)30(43)29(42)26(15-40)49-36;1-4-5-6-7-8-9-14-21-15-18(22)16-23-19-10-12-20(13-11-19)24-17(2)3;/h18-36,40-46H,5-17H2,1-4H3;10-13,17-18,21-22H,4-9,14-16H2,1-3H3;1H/t18-,19+,20+,21+,22-,23+,24+,25+,26-,27-,28+,29-,30+,31-,32-,33-,34-,35-,36+,37+,38+,39-;;/m1../s1. The van der Waals surface area contributed by atoms with Crippen molar-refractivity contribution in [2.45, 2.75) is 247 Å². The van der Waals surface area contributed by atoms with Crippen LogP contribution in [0.4, 0.5) is 0 Å². The van der Waals surface area contributed by atoms with E-state index in [4.69, 9.17) is 33.2 Å². The lowest BCUT2D eigenvalue weighted by atomic mass is 9.44. The molecule has 4 saturated heterocycles. The molecule has 23 atom stereocenters. The minimum absolute atomic E-state index is 0. The first-order valence-corrected chi connectivity index (χ1v) is 30.6. The Morgan fingerprint density at radius 1 is 0.740 bits per heavy atom. The molecule has 8 fully saturated rings. The summed E-state index contributed by atoms with van der Waals surface area (Å²) >= 11 is 1.84. The van der Waals surface area contributed by atoms with Crippen LogP contribution in [0.2, 0.25) is 0 Å². The molecule has 8 aliphatic rings. The number of fused-ring (bicyclic) bond motifs is 7. The van der Waals surface area contributed by atoms with E-state index in [0.29, 0.717) is 59.8 Å². The smallest absolute Gasteiger partial charge is 0.187 e. The van der Waals surface area contributed by atoms with E-state index in [1.165, 1.54) is 69.1 Å². The van der Waals surface area contributed by atoms with Crippen LogP contribution in [-0.4, -0.2) is 171 Å². The number of halogens is 1. The van der Waals surface area contributed by atoms with E-state index in [9.17, 15) is 40.9 Å². The van der Waals surface area contributed by atoms with Gasteiger partial charge in [-0.15, -0.1) is 24.2 Å². The van der Waals surface area contributed by atoms with Crippen molar-refractivity contribution in [1.29, 1.82) is 0 Å². The number of aliphatic hydroxyl groups excluding tert-OH is 8. The van der Waals surface area contributed by atoms with Gasteiger partial charge in [-0.05, 0) is 141 Å². The molecule has 77 heavy (non-hydrogen) atoms. The molecule has 1 aromatic carbocycles. The molecule has 18 heteroatoms. The second-order valence-corrected chi connectivity index (χ2v) is 26.9. The quantitative estimate of drug-likeness (QED) is 0.0373. The van der Waals surface area contributed by atoms with Crippen LogP contribution in [0.15, 0.2) is 29.2 Å². The summed E-state index contributed by atoms with van der Waals surface area (Å²) < 4.78 is 42.7. The van der Waals surface area contributed by atoms with Gasteiger partial charge in [-0.2, -0.15) is 0 Å². The SMILES string of the molecule is CCCCCCCCNCC(O)COc1ccc(SC(C)C)cc1.C[C@@H]1CC[C@@]2(OC1)O[C@H]1C[C@H]3[C@@H]4CC[C@H]5C[C@@H](O[C@@H]6O[C@H](CO)[C@@H](O[C@@H]7O[C@H](CO)[C@@H](O)[C@H](O)[C@H]7O)[C@H](O)[C@H]6O)CC[C@]5(C)[C@H]4CC[C@]3(C)[C@H]1[C@@H]2C.Cl.